The molecule has 4 atom stereocenters. The molecule has 2 N–H and O–H groups in total. The van der Waals surface area contributed by atoms with E-state index in [1.807, 2.05) is 0 Å². The smallest absolute Gasteiger partial charge is 0.237 e. The lowest BCUT2D eigenvalue weighted by atomic mass is 9.82. The van der Waals surface area contributed by atoms with Crippen LogP contribution in [0.5, 0.6) is 0 Å². The van der Waals surface area contributed by atoms with Crippen molar-refractivity contribution in [1.82, 2.24) is 10.6 Å². The van der Waals surface area contributed by atoms with Gasteiger partial charge in [0.15, 0.2) is 0 Å². The summed E-state index contributed by atoms with van der Waals surface area (Å²) in [4.78, 5) is 12.4. The Balaban J connectivity index is 1.85. The van der Waals surface area contributed by atoms with E-state index < -0.39 is 0 Å². The molecule has 1 aliphatic carbocycles. The summed E-state index contributed by atoms with van der Waals surface area (Å²) in [6.07, 6.45) is 9.72. The highest BCUT2D eigenvalue weighted by Crippen LogP contribution is 2.27. The molecule has 2 rings (SSSR count). The van der Waals surface area contributed by atoms with Crippen LogP contribution in [0.4, 0.5) is 0 Å². The predicted molar refractivity (Wildman–Crippen MR) is 79.0 cm³/mol. The van der Waals surface area contributed by atoms with Crippen molar-refractivity contribution in [3.8, 4) is 0 Å². The van der Waals surface area contributed by atoms with Crippen molar-refractivity contribution in [3.05, 3.63) is 0 Å². The van der Waals surface area contributed by atoms with E-state index in [2.05, 4.69) is 24.5 Å². The third-order valence-electron chi connectivity index (χ3n) is 5.17. The van der Waals surface area contributed by atoms with Crippen LogP contribution in [-0.4, -0.2) is 24.5 Å². The minimum Gasteiger partial charge on any atom is -0.352 e. The number of rotatable bonds is 4. The van der Waals surface area contributed by atoms with E-state index in [0.717, 1.165) is 18.9 Å². The first-order valence-electron chi connectivity index (χ1n) is 8.28. The Bertz CT molecular complexity index is 292. The number of carbonyl (C=O) groups excluding carboxylic acids is 1. The van der Waals surface area contributed by atoms with Gasteiger partial charge in [-0.25, -0.2) is 0 Å². The zero-order chi connectivity index (χ0) is 13.7. The Hall–Kier alpha value is -0.570. The van der Waals surface area contributed by atoms with Crippen LogP contribution in [0.25, 0.3) is 0 Å². The third kappa shape index (κ3) is 3.95. The normalized spacial score (nSPS) is 35.9. The lowest BCUT2D eigenvalue weighted by Crippen LogP contribution is -2.53. The molecule has 0 bridgehead atoms. The largest absolute Gasteiger partial charge is 0.352 e. The Morgan fingerprint density at radius 2 is 1.95 bits per heavy atom. The molecule has 1 heterocycles. The quantitative estimate of drug-likeness (QED) is 0.821. The van der Waals surface area contributed by atoms with Gasteiger partial charge in [0, 0.05) is 6.04 Å². The SMILES string of the molecule is CCC1CCNC(C(=O)NC2CCCCC2CC)C1. The van der Waals surface area contributed by atoms with E-state index >= 15 is 0 Å². The van der Waals surface area contributed by atoms with Gasteiger partial charge in [0.2, 0.25) is 5.91 Å². The average Bonchev–Trinajstić information content (AvgIpc) is 2.47. The van der Waals surface area contributed by atoms with E-state index in [9.17, 15) is 4.79 Å². The highest BCUT2D eigenvalue weighted by molar-refractivity contribution is 5.82. The lowest BCUT2D eigenvalue weighted by Gasteiger charge is -2.34. The second-order valence-corrected chi connectivity index (χ2v) is 6.37. The molecule has 0 aromatic rings. The molecule has 2 aliphatic rings. The molecule has 1 saturated carbocycles. The van der Waals surface area contributed by atoms with Gasteiger partial charge in [0.25, 0.3) is 0 Å². The zero-order valence-electron chi connectivity index (χ0n) is 12.6. The Labute approximate surface area is 117 Å². The van der Waals surface area contributed by atoms with E-state index in [-0.39, 0.29) is 11.9 Å². The van der Waals surface area contributed by atoms with Crippen LogP contribution in [0.2, 0.25) is 0 Å². The molecular weight excluding hydrogens is 236 g/mol. The first-order valence-corrected chi connectivity index (χ1v) is 8.28. The summed E-state index contributed by atoms with van der Waals surface area (Å²) in [5.41, 5.74) is 0. The van der Waals surface area contributed by atoms with E-state index in [1.165, 1.54) is 44.9 Å². The molecule has 1 aliphatic heterocycles. The van der Waals surface area contributed by atoms with Gasteiger partial charge in [0.1, 0.15) is 0 Å². The topological polar surface area (TPSA) is 41.1 Å². The minimum atomic E-state index is 0.0538. The van der Waals surface area contributed by atoms with Gasteiger partial charge in [-0.05, 0) is 44.1 Å². The molecule has 3 nitrogen and oxygen atoms in total. The predicted octanol–water partition coefficient (Wildman–Crippen LogP) is 2.85. The van der Waals surface area contributed by atoms with Crippen molar-refractivity contribution in [1.29, 1.82) is 0 Å². The Kier molecular flexibility index (Phi) is 5.68. The van der Waals surface area contributed by atoms with Crippen LogP contribution < -0.4 is 10.6 Å². The van der Waals surface area contributed by atoms with Crippen molar-refractivity contribution >= 4 is 5.91 Å². The number of hydrogen-bond acceptors (Lipinski definition) is 2. The van der Waals surface area contributed by atoms with Crippen LogP contribution in [0.15, 0.2) is 0 Å². The van der Waals surface area contributed by atoms with Crippen LogP contribution >= 0.6 is 0 Å². The summed E-state index contributed by atoms with van der Waals surface area (Å²) in [7, 11) is 0. The molecule has 0 aromatic carbocycles. The first-order chi connectivity index (χ1) is 9.24. The fraction of sp³-hybridized carbons (Fsp3) is 0.938. The van der Waals surface area contributed by atoms with Crippen molar-refractivity contribution in [2.45, 2.75) is 77.3 Å². The highest BCUT2D eigenvalue weighted by Gasteiger charge is 2.30. The number of piperidine rings is 1. The number of hydrogen-bond donors (Lipinski definition) is 2. The van der Waals surface area contributed by atoms with Gasteiger partial charge in [-0.15, -0.1) is 0 Å². The van der Waals surface area contributed by atoms with Gasteiger partial charge in [-0.1, -0.05) is 39.5 Å². The molecule has 4 unspecified atom stereocenters. The monoisotopic (exact) mass is 266 g/mol. The van der Waals surface area contributed by atoms with Crippen LogP contribution in [0.1, 0.15) is 65.2 Å². The minimum absolute atomic E-state index is 0.0538. The molecule has 0 aromatic heterocycles. The van der Waals surface area contributed by atoms with Gasteiger partial charge in [-0.2, -0.15) is 0 Å². The van der Waals surface area contributed by atoms with Crippen LogP contribution in [0.3, 0.4) is 0 Å². The highest BCUT2D eigenvalue weighted by atomic mass is 16.2. The average molecular weight is 266 g/mol. The molecule has 0 radical (unpaired) electrons. The molecule has 19 heavy (non-hydrogen) atoms. The fourth-order valence-corrected chi connectivity index (χ4v) is 3.74. The lowest BCUT2D eigenvalue weighted by molar-refractivity contribution is -0.125. The van der Waals surface area contributed by atoms with Gasteiger partial charge >= 0.3 is 0 Å². The summed E-state index contributed by atoms with van der Waals surface area (Å²) in [6.45, 7) is 5.48. The number of carbonyl (C=O) groups is 1. The molecule has 2 fully saturated rings. The maximum Gasteiger partial charge on any atom is 0.237 e. The summed E-state index contributed by atoms with van der Waals surface area (Å²) in [6, 6.07) is 0.480. The summed E-state index contributed by atoms with van der Waals surface area (Å²) >= 11 is 0. The van der Waals surface area contributed by atoms with E-state index in [1.54, 1.807) is 0 Å². The van der Waals surface area contributed by atoms with Crippen LogP contribution in [-0.2, 0) is 4.79 Å². The molecule has 0 spiro atoms. The maximum absolute atomic E-state index is 12.4. The standard InChI is InChI=1S/C16H30N2O/c1-3-12-9-10-17-15(11-12)16(19)18-14-8-6-5-7-13(14)4-2/h12-15,17H,3-11H2,1-2H3,(H,18,19). The van der Waals surface area contributed by atoms with Gasteiger partial charge < -0.3 is 10.6 Å². The molecule has 1 amide bonds. The van der Waals surface area contributed by atoms with Gasteiger partial charge in [-0.3, -0.25) is 4.79 Å². The first kappa shape index (κ1) is 14.8. The summed E-state index contributed by atoms with van der Waals surface area (Å²) in [5, 5.41) is 6.73. The molecule has 110 valence electrons. The second kappa shape index (κ2) is 7.28. The van der Waals surface area contributed by atoms with E-state index in [0.29, 0.717) is 12.0 Å². The van der Waals surface area contributed by atoms with Crippen molar-refractivity contribution in [2.75, 3.05) is 6.54 Å². The van der Waals surface area contributed by atoms with Crippen molar-refractivity contribution < 1.29 is 4.79 Å². The van der Waals surface area contributed by atoms with Gasteiger partial charge in [0.05, 0.1) is 6.04 Å². The fourth-order valence-electron chi connectivity index (χ4n) is 3.74. The van der Waals surface area contributed by atoms with Crippen molar-refractivity contribution in [2.24, 2.45) is 11.8 Å². The second-order valence-electron chi connectivity index (χ2n) is 6.37. The van der Waals surface area contributed by atoms with E-state index in [4.69, 9.17) is 0 Å². The van der Waals surface area contributed by atoms with Crippen LogP contribution in [0, 0.1) is 11.8 Å². The molecular formula is C16H30N2O. The Morgan fingerprint density at radius 1 is 1.16 bits per heavy atom. The number of amides is 1. The zero-order valence-corrected chi connectivity index (χ0v) is 12.6. The number of nitrogens with one attached hydrogen (secondary N) is 2. The Morgan fingerprint density at radius 3 is 2.68 bits per heavy atom. The summed E-state index contributed by atoms with van der Waals surface area (Å²) < 4.78 is 0. The summed E-state index contributed by atoms with van der Waals surface area (Å²) in [5.74, 6) is 1.68. The molecule has 1 saturated heterocycles. The molecule has 3 heteroatoms. The maximum atomic E-state index is 12.4. The third-order valence-corrected chi connectivity index (χ3v) is 5.17. The van der Waals surface area contributed by atoms with Crippen molar-refractivity contribution in [3.63, 3.8) is 0 Å².